The third-order valence-electron chi connectivity index (χ3n) is 1.60. The molecule has 0 saturated carbocycles. The van der Waals surface area contributed by atoms with Gasteiger partial charge in [-0.3, -0.25) is 0 Å². The summed E-state index contributed by atoms with van der Waals surface area (Å²) in [5, 5.41) is 9.40. The van der Waals surface area contributed by atoms with E-state index in [4.69, 9.17) is 16.3 Å². The maximum Gasteiger partial charge on any atom is 0.160 e. The number of ether oxygens (including phenoxy) is 1. The van der Waals surface area contributed by atoms with Crippen LogP contribution in [0.3, 0.4) is 0 Å². The van der Waals surface area contributed by atoms with Gasteiger partial charge in [-0.25, -0.2) is 0 Å². The highest BCUT2D eigenvalue weighted by atomic mass is 35.5. The lowest BCUT2D eigenvalue weighted by Gasteiger charge is -2.02. The number of alkyl halides is 1. The van der Waals surface area contributed by atoms with Crippen molar-refractivity contribution in [2.45, 2.75) is 0 Å². The first-order valence-corrected chi connectivity index (χ1v) is 4.41. The van der Waals surface area contributed by atoms with E-state index in [-0.39, 0.29) is 5.75 Å². The first-order chi connectivity index (χ1) is 6.27. The van der Waals surface area contributed by atoms with Crippen LogP contribution in [0.15, 0.2) is 24.3 Å². The highest BCUT2D eigenvalue weighted by Crippen LogP contribution is 2.26. The van der Waals surface area contributed by atoms with E-state index in [1.54, 1.807) is 12.1 Å². The van der Waals surface area contributed by atoms with Crippen LogP contribution in [0.4, 0.5) is 0 Å². The van der Waals surface area contributed by atoms with Crippen LogP contribution in [0.1, 0.15) is 5.56 Å². The molecule has 1 N–H and O–H groups in total. The second-order valence-corrected chi connectivity index (χ2v) is 2.80. The van der Waals surface area contributed by atoms with Gasteiger partial charge >= 0.3 is 0 Å². The molecule has 0 amide bonds. The Kier molecular flexibility index (Phi) is 3.65. The standard InChI is InChI=1S/C10H11ClO2/c1-13-10-5-4-8(3-2-6-11)7-9(10)12/h2-5,7,12H,6H2,1H3. The second-order valence-electron chi connectivity index (χ2n) is 2.49. The lowest BCUT2D eigenvalue weighted by molar-refractivity contribution is 0.373. The van der Waals surface area contributed by atoms with E-state index in [9.17, 15) is 5.11 Å². The van der Waals surface area contributed by atoms with Gasteiger partial charge in [0.05, 0.1) is 7.11 Å². The summed E-state index contributed by atoms with van der Waals surface area (Å²) in [5.74, 6) is 1.08. The number of halogens is 1. The van der Waals surface area contributed by atoms with Gasteiger partial charge in [-0.1, -0.05) is 18.2 Å². The number of phenolic OH excluding ortho intramolecular Hbond substituents is 1. The van der Waals surface area contributed by atoms with E-state index in [0.717, 1.165) is 5.56 Å². The third-order valence-corrected chi connectivity index (χ3v) is 1.78. The first-order valence-electron chi connectivity index (χ1n) is 3.87. The molecule has 1 aromatic carbocycles. The van der Waals surface area contributed by atoms with Crippen LogP contribution >= 0.6 is 11.6 Å². The van der Waals surface area contributed by atoms with Crippen LogP contribution in [-0.4, -0.2) is 18.1 Å². The van der Waals surface area contributed by atoms with Crippen LogP contribution in [-0.2, 0) is 0 Å². The van der Waals surface area contributed by atoms with E-state index >= 15 is 0 Å². The molecule has 2 nitrogen and oxygen atoms in total. The van der Waals surface area contributed by atoms with Gasteiger partial charge in [-0.2, -0.15) is 0 Å². The highest BCUT2D eigenvalue weighted by molar-refractivity contribution is 6.19. The zero-order chi connectivity index (χ0) is 9.68. The number of methoxy groups -OCH3 is 1. The Morgan fingerprint density at radius 1 is 1.54 bits per heavy atom. The molecule has 0 bridgehead atoms. The number of hydrogen-bond donors (Lipinski definition) is 1. The lowest BCUT2D eigenvalue weighted by Crippen LogP contribution is -1.83. The largest absolute Gasteiger partial charge is 0.504 e. The summed E-state index contributed by atoms with van der Waals surface area (Å²) < 4.78 is 4.90. The first kappa shape index (κ1) is 9.93. The zero-order valence-electron chi connectivity index (χ0n) is 7.33. The van der Waals surface area contributed by atoms with Crippen molar-refractivity contribution >= 4 is 17.7 Å². The Bertz CT molecular complexity index is 308. The molecule has 0 aromatic heterocycles. The van der Waals surface area contributed by atoms with Crippen molar-refractivity contribution in [1.82, 2.24) is 0 Å². The number of rotatable bonds is 3. The monoisotopic (exact) mass is 198 g/mol. The quantitative estimate of drug-likeness (QED) is 0.757. The Labute approximate surface area is 82.4 Å². The van der Waals surface area contributed by atoms with E-state index in [1.807, 2.05) is 18.2 Å². The molecule has 1 aromatic rings. The highest BCUT2D eigenvalue weighted by Gasteiger charge is 1.99. The Morgan fingerprint density at radius 2 is 2.31 bits per heavy atom. The van der Waals surface area contributed by atoms with Gasteiger partial charge in [0.15, 0.2) is 11.5 Å². The van der Waals surface area contributed by atoms with Crippen LogP contribution in [0, 0.1) is 0 Å². The molecule has 0 aliphatic rings. The van der Waals surface area contributed by atoms with Gasteiger partial charge in [-0.05, 0) is 17.7 Å². The summed E-state index contributed by atoms with van der Waals surface area (Å²) in [6.45, 7) is 0. The molecule has 0 atom stereocenters. The molecular weight excluding hydrogens is 188 g/mol. The zero-order valence-corrected chi connectivity index (χ0v) is 8.08. The predicted octanol–water partition coefficient (Wildman–Crippen LogP) is 2.65. The molecule has 0 fully saturated rings. The summed E-state index contributed by atoms with van der Waals surface area (Å²) in [6, 6.07) is 5.19. The summed E-state index contributed by atoms with van der Waals surface area (Å²) >= 11 is 5.48. The molecule has 70 valence electrons. The molecule has 0 unspecified atom stereocenters. The molecular formula is C10H11ClO2. The van der Waals surface area contributed by atoms with Gasteiger partial charge in [0.25, 0.3) is 0 Å². The van der Waals surface area contributed by atoms with Crippen molar-refractivity contribution < 1.29 is 9.84 Å². The van der Waals surface area contributed by atoms with E-state index in [0.29, 0.717) is 11.6 Å². The van der Waals surface area contributed by atoms with Crippen LogP contribution in [0.25, 0.3) is 6.08 Å². The SMILES string of the molecule is COc1ccc(C=CCCl)cc1O. The van der Waals surface area contributed by atoms with Crippen molar-refractivity contribution in [1.29, 1.82) is 0 Å². The van der Waals surface area contributed by atoms with Gasteiger partial charge in [0.1, 0.15) is 0 Å². The molecule has 0 saturated heterocycles. The molecule has 0 aliphatic heterocycles. The summed E-state index contributed by atoms with van der Waals surface area (Å²) in [5.41, 5.74) is 0.902. The summed E-state index contributed by atoms with van der Waals surface area (Å²) in [4.78, 5) is 0. The average molecular weight is 199 g/mol. The normalized spacial score (nSPS) is 10.6. The number of hydrogen-bond acceptors (Lipinski definition) is 2. The van der Waals surface area contributed by atoms with Gasteiger partial charge < -0.3 is 9.84 Å². The lowest BCUT2D eigenvalue weighted by atomic mass is 10.2. The fourth-order valence-corrected chi connectivity index (χ4v) is 1.08. The molecule has 0 aliphatic carbocycles. The minimum Gasteiger partial charge on any atom is -0.504 e. The average Bonchev–Trinajstić information content (AvgIpc) is 2.15. The van der Waals surface area contributed by atoms with Crippen molar-refractivity contribution in [3.8, 4) is 11.5 Å². The van der Waals surface area contributed by atoms with Gasteiger partial charge in [-0.15, -0.1) is 11.6 Å². The van der Waals surface area contributed by atoms with Crippen molar-refractivity contribution in [3.05, 3.63) is 29.8 Å². The minimum absolute atomic E-state index is 0.138. The fourth-order valence-electron chi connectivity index (χ4n) is 0.991. The topological polar surface area (TPSA) is 29.5 Å². The molecule has 1 rings (SSSR count). The van der Waals surface area contributed by atoms with E-state index in [1.165, 1.54) is 7.11 Å². The summed E-state index contributed by atoms with van der Waals surface area (Å²) in [7, 11) is 1.52. The van der Waals surface area contributed by atoms with Crippen LogP contribution < -0.4 is 4.74 Å². The molecule has 13 heavy (non-hydrogen) atoms. The van der Waals surface area contributed by atoms with E-state index in [2.05, 4.69) is 0 Å². The second kappa shape index (κ2) is 4.77. The maximum absolute atomic E-state index is 9.40. The third kappa shape index (κ3) is 2.67. The van der Waals surface area contributed by atoms with Crippen molar-refractivity contribution in [2.24, 2.45) is 0 Å². The fraction of sp³-hybridized carbons (Fsp3) is 0.200. The van der Waals surface area contributed by atoms with Gasteiger partial charge in [0, 0.05) is 5.88 Å². The van der Waals surface area contributed by atoms with Gasteiger partial charge in [0.2, 0.25) is 0 Å². The number of benzene rings is 1. The Balaban J connectivity index is 2.89. The smallest absolute Gasteiger partial charge is 0.160 e. The Morgan fingerprint density at radius 3 is 2.85 bits per heavy atom. The minimum atomic E-state index is 0.138. The summed E-state index contributed by atoms with van der Waals surface area (Å²) in [6.07, 6.45) is 3.65. The van der Waals surface area contributed by atoms with Crippen molar-refractivity contribution in [2.75, 3.05) is 13.0 Å². The number of allylic oxidation sites excluding steroid dienone is 1. The molecule has 3 heteroatoms. The predicted molar refractivity (Wildman–Crippen MR) is 54.4 cm³/mol. The molecule has 0 radical (unpaired) electrons. The van der Waals surface area contributed by atoms with Crippen LogP contribution in [0.2, 0.25) is 0 Å². The molecule has 0 heterocycles. The van der Waals surface area contributed by atoms with Crippen LogP contribution in [0.5, 0.6) is 11.5 Å². The maximum atomic E-state index is 9.40. The number of aromatic hydroxyl groups is 1. The number of phenols is 1. The van der Waals surface area contributed by atoms with Crippen molar-refractivity contribution in [3.63, 3.8) is 0 Å². The Hall–Kier alpha value is -1.15. The molecule has 0 spiro atoms. The van der Waals surface area contributed by atoms with E-state index < -0.39 is 0 Å².